The van der Waals surface area contributed by atoms with Crippen LogP contribution < -0.4 is 5.32 Å². The lowest BCUT2D eigenvalue weighted by Gasteiger charge is -2.10. The van der Waals surface area contributed by atoms with Crippen LogP contribution in [0.4, 0.5) is 5.69 Å². The van der Waals surface area contributed by atoms with Gasteiger partial charge < -0.3 is 5.32 Å². The Bertz CT molecular complexity index is 881. The molecule has 0 atom stereocenters. The summed E-state index contributed by atoms with van der Waals surface area (Å²) in [6.45, 7) is 6.25. The zero-order chi connectivity index (χ0) is 17.8. The second-order valence-corrected chi connectivity index (χ2v) is 7.19. The molecule has 25 heavy (non-hydrogen) atoms. The number of para-hydroxylation sites is 1. The first kappa shape index (κ1) is 17.4. The van der Waals surface area contributed by atoms with Crippen molar-refractivity contribution < 1.29 is 4.79 Å². The van der Waals surface area contributed by atoms with Crippen LogP contribution in [0.3, 0.4) is 0 Å². The van der Waals surface area contributed by atoms with Crippen molar-refractivity contribution in [3.8, 4) is 11.3 Å². The van der Waals surface area contributed by atoms with E-state index in [1.807, 2.05) is 55.5 Å². The second-order valence-electron chi connectivity index (χ2n) is 5.90. The predicted octanol–water partition coefficient (Wildman–Crippen LogP) is 5.50. The Kier molecular flexibility index (Phi) is 5.29. The van der Waals surface area contributed by atoms with Crippen molar-refractivity contribution in [2.75, 3.05) is 5.32 Å². The minimum atomic E-state index is -0.0855. The van der Waals surface area contributed by atoms with Crippen LogP contribution in [0.2, 0.25) is 0 Å². The SMILES string of the molecule is CCc1ccccc1NC(=O)c1ccc(-c2nc(C)sc2CC)cc1. The van der Waals surface area contributed by atoms with Crippen LogP contribution in [-0.2, 0) is 12.8 Å². The highest BCUT2D eigenvalue weighted by atomic mass is 32.1. The zero-order valence-corrected chi connectivity index (χ0v) is 15.6. The Morgan fingerprint density at radius 3 is 2.44 bits per heavy atom. The molecule has 1 amide bonds. The minimum absolute atomic E-state index is 0.0855. The fraction of sp³-hybridized carbons (Fsp3) is 0.238. The van der Waals surface area contributed by atoms with Crippen LogP contribution in [0.1, 0.15) is 39.7 Å². The van der Waals surface area contributed by atoms with Crippen LogP contribution in [0.25, 0.3) is 11.3 Å². The molecule has 0 unspecified atom stereocenters. The van der Waals surface area contributed by atoms with Gasteiger partial charge in [-0.2, -0.15) is 0 Å². The highest BCUT2D eigenvalue weighted by molar-refractivity contribution is 7.12. The maximum absolute atomic E-state index is 12.5. The van der Waals surface area contributed by atoms with Gasteiger partial charge in [0.25, 0.3) is 5.91 Å². The lowest BCUT2D eigenvalue weighted by atomic mass is 10.1. The van der Waals surface area contributed by atoms with E-state index < -0.39 is 0 Å². The number of rotatable bonds is 5. The van der Waals surface area contributed by atoms with Crippen molar-refractivity contribution in [2.24, 2.45) is 0 Å². The number of thiazole rings is 1. The molecule has 1 aromatic heterocycles. The summed E-state index contributed by atoms with van der Waals surface area (Å²) in [7, 11) is 0. The van der Waals surface area contributed by atoms with Crippen molar-refractivity contribution in [1.82, 2.24) is 4.98 Å². The van der Waals surface area contributed by atoms with Crippen LogP contribution >= 0.6 is 11.3 Å². The van der Waals surface area contributed by atoms with E-state index in [1.54, 1.807) is 11.3 Å². The normalized spacial score (nSPS) is 10.7. The monoisotopic (exact) mass is 350 g/mol. The molecule has 1 N–H and O–H groups in total. The smallest absolute Gasteiger partial charge is 0.255 e. The fourth-order valence-electron chi connectivity index (χ4n) is 2.86. The van der Waals surface area contributed by atoms with Crippen LogP contribution in [-0.4, -0.2) is 10.9 Å². The van der Waals surface area contributed by atoms with Gasteiger partial charge in [-0.05, 0) is 43.5 Å². The second kappa shape index (κ2) is 7.62. The summed E-state index contributed by atoms with van der Waals surface area (Å²) in [5, 5.41) is 4.09. The van der Waals surface area contributed by atoms with E-state index in [4.69, 9.17) is 0 Å². The molecule has 3 aromatic rings. The summed E-state index contributed by atoms with van der Waals surface area (Å²) in [6, 6.07) is 15.6. The largest absolute Gasteiger partial charge is 0.322 e. The Hall–Kier alpha value is -2.46. The molecule has 2 aromatic carbocycles. The predicted molar refractivity (Wildman–Crippen MR) is 105 cm³/mol. The molecule has 3 nitrogen and oxygen atoms in total. The van der Waals surface area contributed by atoms with E-state index in [0.717, 1.165) is 40.4 Å². The number of hydrogen-bond donors (Lipinski definition) is 1. The van der Waals surface area contributed by atoms with E-state index in [1.165, 1.54) is 4.88 Å². The molecule has 1 heterocycles. The van der Waals surface area contributed by atoms with E-state index in [-0.39, 0.29) is 5.91 Å². The summed E-state index contributed by atoms with van der Waals surface area (Å²) >= 11 is 1.74. The number of benzene rings is 2. The summed E-state index contributed by atoms with van der Waals surface area (Å²) in [4.78, 5) is 18.5. The molecule has 3 rings (SSSR count). The molecule has 0 bridgehead atoms. The number of carbonyl (C=O) groups excluding carboxylic acids is 1. The van der Waals surface area contributed by atoms with Gasteiger partial charge >= 0.3 is 0 Å². The number of nitrogens with zero attached hydrogens (tertiary/aromatic N) is 1. The number of amides is 1. The molecule has 0 spiro atoms. The Balaban J connectivity index is 1.81. The van der Waals surface area contributed by atoms with Gasteiger partial charge in [0.1, 0.15) is 0 Å². The van der Waals surface area contributed by atoms with Crippen molar-refractivity contribution in [1.29, 1.82) is 0 Å². The molecule has 0 aliphatic rings. The van der Waals surface area contributed by atoms with E-state index in [9.17, 15) is 4.79 Å². The van der Waals surface area contributed by atoms with Crippen molar-refractivity contribution in [3.63, 3.8) is 0 Å². The van der Waals surface area contributed by atoms with Gasteiger partial charge in [0, 0.05) is 21.7 Å². The van der Waals surface area contributed by atoms with Gasteiger partial charge in [-0.3, -0.25) is 4.79 Å². The Labute approximate surface area is 152 Å². The summed E-state index contributed by atoms with van der Waals surface area (Å²) in [5.74, 6) is -0.0855. The summed E-state index contributed by atoms with van der Waals surface area (Å²) < 4.78 is 0. The number of carbonyl (C=O) groups is 1. The van der Waals surface area contributed by atoms with Crippen LogP contribution in [0.5, 0.6) is 0 Å². The van der Waals surface area contributed by atoms with Gasteiger partial charge in [0.2, 0.25) is 0 Å². The zero-order valence-electron chi connectivity index (χ0n) is 14.8. The van der Waals surface area contributed by atoms with Gasteiger partial charge in [-0.25, -0.2) is 4.98 Å². The topological polar surface area (TPSA) is 42.0 Å². The van der Waals surface area contributed by atoms with Crippen molar-refractivity contribution in [2.45, 2.75) is 33.6 Å². The molecule has 4 heteroatoms. The maximum Gasteiger partial charge on any atom is 0.255 e. The fourth-order valence-corrected chi connectivity index (χ4v) is 3.76. The molecular weight excluding hydrogens is 328 g/mol. The molecule has 0 fully saturated rings. The van der Waals surface area contributed by atoms with E-state index in [0.29, 0.717) is 5.56 Å². The Morgan fingerprint density at radius 1 is 1.04 bits per heavy atom. The van der Waals surface area contributed by atoms with Crippen LogP contribution in [0, 0.1) is 6.92 Å². The molecule has 0 radical (unpaired) electrons. The lowest BCUT2D eigenvalue weighted by Crippen LogP contribution is -2.13. The number of hydrogen-bond acceptors (Lipinski definition) is 3. The molecule has 0 aliphatic carbocycles. The van der Waals surface area contributed by atoms with Gasteiger partial charge in [0.15, 0.2) is 0 Å². The maximum atomic E-state index is 12.5. The molecule has 128 valence electrons. The number of aromatic nitrogens is 1. The molecule has 0 saturated carbocycles. The van der Waals surface area contributed by atoms with Crippen molar-refractivity contribution in [3.05, 3.63) is 69.5 Å². The highest BCUT2D eigenvalue weighted by Gasteiger charge is 2.12. The lowest BCUT2D eigenvalue weighted by molar-refractivity contribution is 0.102. The summed E-state index contributed by atoms with van der Waals surface area (Å²) in [6.07, 6.45) is 1.86. The average Bonchev–Trinajstić information content (AvgIpc) is 3.03. The third-order valence-corrected chi connectivity index (χ3v) is 5.31. The standard InChI is InChI=1S/C21H22N2OS/c1-4-15-8-6-7-9-18(15)23-21(24)17-12-10-16(11-13-17)20-19(5-2)25-14(3)22-20/h6-13H,4-5H2,1-3H3,(H,23,24). The summed E-state index contributed by atoms with van der Waals surface area (Å²) in [5.41, 5.74) is 4.76. The number of nitrogens with one attached hydrogen (secondary N) is 1. The highest BCUT2D eigenvalue weighted by Crippen LogP contribution is 2.28. The first-order valence-corrected chi connectivity index (χ1v) is 9.40. The van der Waals surface area contributed by atoms with Gasteiger partial charge in [0.05, 0.1) is 10.7 Å². The van der Waals surface area contributed by atoms with Crippen molar-refractivity contribution >= 4 is 22.9 Å². The van der Waals surface area contributed by atoms with Crippen LogP contribution in [0.15, 0.2) is 48.5 Å². The minimum Gasteiger partial charge on any atom is -0.322 e. The van der Waals surface area contributed by atoms with Gasteiger partial charge in [-0.15, -0.1) is 11.3 Å². The molecular formula is C21H22N2OS. The third kappa shape index (κ3) is 3.80. The third-order valence-electron chi connectivity index (χ3n) is 4.19. The quantitative estimate of drug-likeness (QED) is 0.660. The van der Waals surface area contributed by atoms with E-state index in [2.05, 4.69) is 24.1 Å². The molecule has 0 saturated heterocycles. The first-order chi connectivity index (χ1) is 12.1. The average molecular weight is 350 g/mol. The van der Waals surface area contributed by atoms with Gasteiger partial charge in [-0.1, -0.05) is 44.2 Å². The molecule has 0 aliphatic heterocycles. The number of anilines is 1. The first-order valence-electron chi connectivity index (χ1n) is 8.58. The Morgan fingerprint density at radius 2 is 1.76 bits per heavy atom. The van der Waals surface area contributed by atoms with E-state index >= 15 is 0 Å². The number of aryl methyl sites for hydroxylation is 3.